The number of aryl methyl sites for hydroxylation is 2. The minimum atomic E-state index is 0.658. The van der Waals surface area contributed by atoms with Crippen molar-refractivity contribution in [2.75, 3.05) is 31.6 Å². The summed E-state index contributed by atoms with van der Waals surface area (Å²) in [7, 11) is 3.95. The zero-order valence-electron chi connectivity index (χ0n) is 11.4. The van der Waals surface area contributed by atoms with Crippen LogP contribution in [0.2, 0.25) is 0 Å². The lowest BCUT2D eigenvalue weighted by Crippen LogP contribution is -2.37. The molecule has 1 unspecified atom stereocenters. The highest BCUT2D eigenvalue weighted by atomic mass is 15.4. The van der Waals surface area contributed by atoms with E-state index in [1.807, 2.05) is 25.7 Å². The van der Waals surface area contributed by atoms with E-state index in [-0.39, 0.29) is 0 Å². The number of nitrogens with zero attached hydrogens (tertiary/aromatic N) is 4. The van der Waals surface area contributed by atoms with E-state index in [9.17, 15) is 5.26 Å². The van der Waals surface area contributed by atoms with Crippen LogP contribution in [0.3, 0.4) is 0 Å². The largest absolute Gasteiger partial charge is 0.358 e. The second kappa shape index (κ2) is 5.40. The fourth-order valence-electron chi connectivity index (χ4n) is 2.77. The van der Waals surface area contributed by atoms with Crippen molar-refractivity contribution in [3.8, 4) is 6.07 Å². The Morgan fingerprint density at radius 2 is 2.39 bits per heavy atom. The average molecular weight is 247 g/mol. The second-order valence-corrected chi connectivity index (χ2v) is 5.11. The molecule has 18 heavy (non-hydrogen) atoms. The second-order valence-electron chi connectivity index (χ2n) is 5.11. The van der Waals surface area contributed by atoms with Crippen molar-refractivity contribution in [3.05, 3.63) is 11.3 Å². The predicted molar refractivity (Wildman–Crippen MR) is 71.5 cm³/mol. The van der Waals surface area contributed by atoms with Crippen LogP contribution in [0.15, 0.2) is 0 Å². The zero-order valence-corrected chi connectivity index (χ0v) is 11.4. The van der Waals surface area contributed by atoms with Crippen molar-refractivity contribution in [1.29, 1.82) is 5.26 Å². The number of piperidine rings is 1. The molecular formula is C13H21N5. The Balaban J connectivity index is 2.13. The van der Waals surface area contributed by atoms with E-state index < -0.39 is 0 Å². The minimum absolute atomic E-state index is 0.658. The molecular weight excluding hydrogens is 226 g/mol. The van der Waals surface area contributed by atoms with E-state index in [0.717, 1.165) is 31.1 Å². The Morgan fingerprint density at radius 3 is 3.00 bits per heavy atom. The predicted octanol–water partition coefficient (Wildman–Crippen LogP) is 1.04. The summed E-state index contributed by atoms with van der Waals surface area (Å²) in [6.07, 6.45) is 2.50. The monoisotopic (exact) mass is 247 g/mol. The summed E-state index contributed by atoms with van der Waals surface area (Å²) < 4.78 is 1.81. The molecule has 5 nitrogen and oxygen atoms in total. The summed E-state index contributed by atoms with van der Waals surface area (Å²) in [5, 5.41) is 17.0. The summed E-state index contributed by atoms with van der Waals surface area (Å²) in [5.74, 6) is 1.59. The standard InChI is InChI=1S/C13H21N5/c1-10-12(7-14)13(18(3)16-10)17(2)9-11-5-4-6-15-8-11/h11,15H,4-6,8-9H2,1-3H3. The molecule has 1 aliphatic rings. The van der Waals surface area contributed by atoms with Crippen LogP contribution in [0.5, 0.6) is 0 Å². The fraction of sp³-hybridized carbons (Fsp3) is 0.692. The van der Waals surface area contributed by atoms with Gasteiger partial charge in [0.05, 0.1) is 5.69 Å². The van der Waals surface area contributed by atoms with Crippen LogP contribution in [-0.2, 0) is 7.05 Å². The molecule has 1 N–H and O–H groups in total. The van der Waals surface area contributed by atoms with E-state index >= 15 is 0 Å². The van der Waals surface area contributed by atoms with Gasteiger partial charge in [-0.1, -0.05) is 0 Å². The maximum Gasteiger partial charge on any atom is 0.144 e. The first-order chi connectivity index (χ1) is 8.63. The number of hydrogen-bond donors (Lipinski definition) is 1. The Labute approximate surface area is 108 Å². The first kappa shape index (κ1) is 12.9. The number of nitrogens with one attached hydrogen (secondary N) is 1. The highest BCUT2D eigenvalue weighted by molar-refractivity contribution is 5.56. The Morgan fingerprint density at radius 1 is 1.61 bits per heavy atom. The van der Waals surface area contributed by atoms with Gasteiger partial charge in [-0.05, 0) is 38.8 Å². The first-order valence-corrected chi connectivity index (χ1v) is 6.49. The van der Waals surface area contributed by atoms with E-state index in [1.54, 1.807) is 0 Å². The van der Waals surface area contributed by atoms with E-state index in [1.165, 1.54) is 12.8 Å². The number of hydrogen-bond acceptors (Lipinski definition) is 4. The third kappa shape index (κ3) is 2.49. The van der Waals surface area contributed by atoms with Crippen LogP contribution in [0.25, 0.3) is 0 Å². The van der Waals surface area contributed by atoms with Crippen molar-refractivity contribution in [3.63, 3.8) is 0 Å². The SMILES string of the molecule is Cc1nn(C)c(N(C)CC2CCCNC2)c1C#N. The molecule has 0 aliphatic carbocycles. The van der Waals surface area contributed by atoms with Crippen molar-refractivity contribution >= 4 is 5.82 Å². The molecule has 0 spiro atoms. The molecule has 0 radical (unpaired) electrons. The lowest BCUT2D eigenvalue weighted by Gasteiger charge is -2.28. The molecule has 0 bridgehead atoms. The van der Waals surface area contributed by atoms with Gasteiger partial charge in [-0.25, -0.2) is 0 Å². The molecule has 2 heterocycles. The summed E-state index contributed by atoms with van der Waals surface area (Å²) in [4.78, 5) is 2.16. The molecule has 1 aromatic heterocycles. The smallest absolute Gasteiger partial charge is 0.144 e. The van der Waals surface area contributed by atoms with Crippen LogP contribution >= 0.6 is 0 Å². The fourth-order valence-corrected chi connectivity index (χ4v) is 2.77. The molecule has 1 atom stereocenters. The van der Waals surface area contributed by atoms with Gasteiger partial charge < -0.3 is 10.2 Å². The third-order valence-electron chi connectivity index (χ3n) is 3.60. The lowest BCUT2D eigenvalue weighted by atomic mass is 9.99. The number of nitriles is 1. The van der Waals surface area contributed by atoms with Gasteiger partial charge in [-0.15, -0.1) is 0 Å². The van der Waals surface area contributed by atoms with Gasteiger partial charge in [0.15, 0.2) is 0 Å². The van der Waals surface area contributed by atoms with Gasteiger partial charge in [-0.3, -0.25) is 4.68 Å². The first-order valence-electron chi connectivity index (χ1n) is 6.49. The third-order valence-corrected chi connectivity index (χ3v) is 3.60. The van der Waals surface area contributed by atoms with Gasteiger partial charge in [0, 0.05) is 20.6 Å². The molecule has 2 rings (SSSR count). The molecule has 0 saturated carbocycles. The zero-order chi connectivity index (χ0) is 13.1. The quantitative estimate of drug-likeness (QED) is 0.867. The summed E-state index contributed by atoms with van der Waals surface area (Å²) >= 11 is 0. The molecule has 1 aliphatic heterocycles. The van der Waals surface area contributed by atoms with E-state index in [4.69, 9.17) is 0 Å². The molecule has 1 aromatic rings. The Hall–Kier alpha value is -1.54. The topological polar surface area (TPSA) is 56.9 Å². The summed E-state index contributed by atoms with van der Waals surface area (Å²) in [6.45, 7) is 5.07. The van der Waals surface area contributed by atoms with Crippen molar-refractivity contribution < 1.29 is 0 Å². The van der Waals surface area contributed by atoms with Crippen LogP contribution in [0.1, 0.15) is 24.1 Å². The van der Waals surface area contributed by atoms with Gasteiger partial charge in [0.25, 0.3) is 0 Å². The average Bonchev–Trinajstić information content (AvgIpc) is 2.64. The Bertz CT molecular complexity index is 451. The van der Waals surface area contributed by atoms with Crippen LogP contribution < -0.4 is 10.2 Å². The maximum absolute atomic E-state index is 9.22. The van der Waals surface area contributed by atoms with E-state index in [0.29, 0.717) is 11.5 Å². The molecule has 1 saturated heterocycles. The van der Waals surface area contributed by atoms with Gasteiger partial charge in [0.2, 0.25) is 0 Å². The molecule has 0 amide bonds. The van der Waals surface area contributed by atoms with E-state index in [2.05, 4.69) is 21.4 Å². The molecule has 5 heteroatoms. The molecule has 1 fully saturated rings. The highest BCUT2D eigenvalue weighted by Crippen LogP contribution is 2.23. The van der Waals surface area contributed by atoms with Crippen molar-refractivity contribution in [2.24, 2.45) is 13.0 Å². The van der Waals surface area contributed by atoms with Crippen molar-refractivity contribution in [2.45, 2.75) is 19.8 Å². The molecule has 98 valence electrons. The number of anilines is 1. The highest BCUT2D eigenvalue weighted by Gasteiger charge is 2.20. The lowest BCUT2D eigenvalue weighted by molar-refractivity contribution is 0.379. The Kier molecular flexibility index (Phi) is 3.87. The van der Waals surface area contributed by atoms with Gasteiger partial charge >= 0.3 is 0 Å². The minimum Gasteiger partial charge on any atom is -0.358 e. The normalized spacial score (nSPS) is 19.6. The van der Waals surface area contributed by atoms with Crippen LogP contribution in [0.4, 0.5) is 5.82 Å². The molecule has 0 aromatic carbocycles. The number of rotatable bonds is 3. The number of aromatic nitrogens is 2. The van der Waals surface area contributed by atoms with Gasteiger partial charge in [0.1, 0.15) is 17.5 Å². The summed E-state index contributed by atoms with van der Waals surface area (Å²) in [5.41, 5.74) is 1.51. The maximum atomic E-state index is 9.22. The van der Waals surface area contributed by atoms with Crippen molar-refractivity contribution in [1.82, 2.24) is 15.1 Å². The van der Waals surface area contributed by atoms with Crippen LogP contribution in [-0.4, -0.2) is 36.5 Å². The van der Waals surface area contributed by atoms with Gasteiger partial charge in [-0.2, -0.15) is 10.4 Å². The van der Waals surface area contributed by atoms with Crippen LogP contribution in [0, 0.1) is 24.2 Å². The summed E-state index contributed by atoms with van der Waals surface area (Å²) in [6, 6.07) is 2.26.